The molecule has 2 nitrogen and oxygen atoms in total. The number of rotatable bonds is 7. The van der Waals surface area contributed by atoms with Crippen molar-refractivity contribution < 1.29 is 18.6 Å². The van der Waals surface area contributed by atoms with Gasteiger partial charge in [-0.1, -0.05) is 20.8 Å². The highest BCUT2D eigenvalue weighted by molar-refractivity contribution is 4.83. The van der Waals surface area contributed by atoms with Crippen molar-refractivity contribution in [1.29, 1.82) is 0 Å². The van der Waals surface area contributed by atoms with Gasteiger partial charge in [0.2, 0.25) is 0 Å². The van der Waals surface area contributed by atoms with Crippen LogP contribution < -0.4 is 0 Å². The minimum atomic E-state index is -2.75. The monoisotopic (exact) mass is 238 g/mol. The molecule has 0 saturated carbocycles. The van der Waals surface area contributed by atoms with Gasteiger partial charge < -0.3 is 9.84 Å². The van der Waals surface area contributed by atoms with E-state index in [4.69, 9.17) is 4.74 Å². The van der Waals surface area contributed by atoms with Crippen molar-refractivity contribution >= 4 is 0 Å². The van der Waals surface area contributed by atoms with E-state index >= 15 is 0 Å². The molecule has 0 rings (SSSR count). The summed E-state index contributed by atoms with van der Waals surface area (Å²) in [6, 6.07) is 0. The maximum absolute atomic E-state index is 12.5. The Morgan fingerprint density at radius 2 is 1.62 bits per heavy atom. The van der Waals surface area contributed by atoms with E-state index < -0.39 is 17.9 Å². The smallest absolute Gasteiger partial charge is 0.266 e. The molecule has 98 valence electrons. The molecule has 0 amide bonds. The first-order valence-electron chi connectivity index (χ1n) is 5.84. The highest BCUT2D eigenvalue weighted by Gasteiger charge is 2.39. The van der Waals surface area contributed by atoms with Gasteiger partial charge in [0.15, 0.2) is 0 Å². The SMILES string of the molecule is CCC(C)(CC)OCC(C)C(C)(O)C(F)F. The molecule has 0 aliphatic carbocycles. The summed E-state index contributed by atoms with van der Waals surface area (Å²) < 4.78 is 30.7. The lowest BCUT2D eigenvalue weighted by molar-refractivity contribution is -0.148. The molecule has 1 N–H and O–H groups in total. The van der Waals surface area contributed by atoms with Gasteiger partial charge in [0.1, 0.15) is 5.60 Å². The first kappa shape index (κ1) is 15.8. The fraction of sp³-hybridized carbons (Fsp3) is 1.00. The van der Waals surface area contributed by atoms with Gasteiger partial charge in [-0.3, -0.25) is 0 Å². The Morgan fingerprint density at radius 1 is 1.19 bits per heavy atom. The molecule has 0 aromatic rings. The van der Waals surface area contributed by atoms with Crippen LogP contribution in [0.25, 0.3) is 0 Å². The molecule has 0 radical (unpaired) electrons. The fourth-order valence-electron chi connectivity index (χ4n) is 1.16. The molecular formula is C12H24F2O2. The minimum absolute atomic E-state index is 0.148. The Bertz CT molecular complexity index is 201. The Hall–Kier alpha value is -0.220. The molecule has 16 heavy (non-hydrogen) atoms. The molecule has 0 aliphatic rings. The first-order valence-corrected chi connectivity index (χ1v) is 5.84. The Balaban J connectivity index is 4.31. The van der Waals surface area contributed by atoms with Gasteiger partial charge in [-0.25, -0.2) is 8.78 Å². The van der Waals surface area contributed by atoms with Crippen molar-refractivity contribution in [3.63, 3.8) is 0 Å². The van der Waals surface area contributed by atoms with Crippen LogP contribution in [0.2, 0.25) is 0 Å². The van der Waals surface area contributed by atoms with Gasteiger partial charge >= 0.3 is 0 Å². The number of alkyl halides is 2. The molecule has 0 aromatic carbocycles. The number of halogens is 2. The summed E-state index contributed by atoms with van der Waals surface area (Å²) >= 11 is 0. The molecule has 0 aromatic heterocycles. The Kier molecular flexibility index (Phi) is 5.84. The zero-order valence-electron chi connectivity index (χ0n) is 10.9. The van der Waals surface area contributed by atoms with Crippen LogP contribution in [-0.2, 0) is 4.74 Å². The molecule has 0 saturated heterocycles. The van der Waals surface area contributed by atoms with Gasteiger partial charge in [-0.15, -0.1) is 0 Å². The largest absolute Gasteiger partial charge is 0.384 e. The van der Waals surface area contributed by atoms with Crippen LogP contribution in [0, 0.1) is 5.92 Å². The lowest BCUT2D eigenvalue weighted by Gasteiger charge is -2.34. The molecule has 2 unspecified atom stereocenters. The summed E-state index contributed by atoms with van der Waals surface area (Å²) in [5, 5.41) is 9.57. The van der Waals surface area contributed by atoms with Crippen LogP contribution in [0.4, 0.5) is 8.78 Å². The standard InChI is InChI=1S/C12H24F2O2/c1-6-11(4,7-2)16-8-9(3)12(5,15)10(13)14/h9-10,15H,6-8H2,1-5H3. The van der Waals surface area contributed by atoms with Crippen LogP contribution in [-0.4, -0.2) is 29.3 Å². The van der Waals surface area contributed by atoms with Crippen molar-refractivity contribution in [1.82, 2.24) is 0 Å². The van der Waals surface area contributed by atoms with Crippen LogP contribution in [0.5, 0.6) is 0 Å². The van der Waals surface area contributed by atoms with Crippen molar-refractivity contribution in [2.75, 3.05) is 6.61 Å². The van der Waals surface area contributed by atoms with E-state index in [0.717, 1.165) is 19.8 Å². The molecule has 4 heteroatoms. The average molecular weight is 238 g/mol. The van der Waals surface area contributed by atoms with Crippen LogP contribution >= 0.6 is 0 Å². The molecule has 0 bridgehead atoms. The molecule has 2 atom stereocenters. The van der Waals surface area contributed by atoms with E-state index in [1.54, 1.807) is 6.92 Å². The number of hydrogen-bond donors (Lipinski definition) is 1. The van der Waals surface area contributed by atoms with E-state index in [1.165, 1.54) is 0 Å². The topological polar surface area (TPSA) is 29.5 Å². The average Bonchev–Trinajstić information content (AvgIpc) is 2.25. The summed E-state index contributed by atoms with van der Waals surface area (Å²) in [4.78, 5) is 0. The van der Waals surface area contributed by atoms with Crippen molar-refractivity contribution in [3.05, 3.63) is 0 Å². The van der Waals surface area contributed by atoms with Gasteiger partial charge in [0.25, 0.3) is 6.43 Å². The molecule has 0 fully saturated rings. The number of ether oxygens (including phenoxy) is 1. The second-order valence-electron chi connectivity index (χ2n) is 4.90. The van der Waals surface area contributed by atoms with Crippen LogP contribution in [0.1, 0.15) is 47.5 Å². The zero-order chi connectivity index (χ0) is 13.0. The summed E-state index contributed by atoms with van der Waals surface area (Å²) in [7, 11) is 0. The number of hydrogen-bond acceptors (Lipinski definition) is 2. The molecule has 0 spiro atoms. The highest BCUT2D eigenvalue weighted by Crippen LogP contribution is 2.27. The van der Waals surface area contributed by atoms with E-state index in [-0.39, 0.29) is 12.2 Å². The maximum atomic E-state index is 12.5. The quantitative estimate of drug-likeness (QED) is 0.738. The van der Waals surface area contributed by atoms with E-state index in [0.29, 0.717) is 0 Å². The predicted molar refractivity (Wildman–Crippen MR) is 60.7 cm³/mol. The van der Waals surface area contributed by atoms with E-state index in [9.17, 15) is 13.9 Å². The van der Waals surface area contributed by atoms with E-state index in [1.807, 2.05) is 20.8 Å². The van der Waals surface area contributed by atoms with Gasteiger partial charge in [-0.05, 0) is 26.7 Å². The van der Waals surface area contributed by atoms with Crippen molar-refractivity contribution in [2.24, 2.45) is 5.92 Å². The highest BCUT2D eigenvalue weighted by atomic mass is 19.3. The van der Waals surface area contributed by atoms with Crippen LogP contribution in [0.3, 0.4) is 0 Å². The van der Waals surface area contributed by atoms with Gasteiger partial charge in [-0.2, -0.15) is 0 Å². The Labute approximate surface area is 97.0 Å². The number of aliphatic hydroxyl groups is 1. The molecule has 0 aliphatic heterocycles. The summed E-state index contributed by atoms with van der Waals surface area (Å²) in [5.41, 5.74) is -2.27. The van der Waals surface area contributed by atoms with Gasteiger partial charge in [0, 0.05) is 5.92 Å². The molecule has 0 heterocycles. The predicted octanol–water partition coefficient (Wildman–Crippen LogP) is 3.23. The fourth-order valence-corrected chi connectivity index (χ4v) is 1.16. The van der Waals surface area contributed by atoms with Gasteiger partial charge in [0.05, 0.1) is 12.2 Å². The zero-order valence-corrected chi connectivity index (χ0v) is 10.9. The second kappa shape index (κ2) is 5.92. The third-order valence-corrected chi connectivity index (χ3v) is 3.62. The first-order chi connectivity index (χ1) is 7.19. The third kappa shape index (κ3) is 3.98. The third-order valence-electron chi connectivity index (χ3n) is 3.62. The minimum Gasteiger partial charge on any atom is -0.384 e. The Morgan fingerprint density at radius 3 is 1.94 bits per heavy atom. The lowest BCUT2D eigenvalue weighted by Crippen LogP contribution is -2.44. The normalized spacial score (nSPS) is 18.6. The van der Waals surface area contributed by atoms with E-state index in [2.05, 4.69) is 0 Å². The second-order valence-corrected chi connectivity index (χ2v) is 4.90. The van der Waals surface area contributed by atoms with Crippen molar-refractivity contribution in [2.45, 2.75) is 65.1 Å². The maximum Gasteiger partial charge on any atom is 0.266 e. The summed E-state index contributed by atoms with van der Waals surface area (Å²) in [6.07, 6.45) is -1.10. The lowest BCUT2D eigenvalue weighted by atomic mass is 9.91. The summed E-state index contributed by atoms with van der Waals surface area (Å²) in [6.45, 7) is 8.84. The summed E-state index contributed by atoms with van der Waals surface area (Å²) in [5.74, 6) is -0.593. The van der Waals surface area contributed by atoms with Crippen molar-refractivity contribution in [3.8, 4) is 0 Å². The van der Waals surface area contributed by atoms with Crippen LogP contribution in [0.15, 0.2) is 0 Å². The molecular weight excluding hydrogens is 214 g/mol.